The van der Waals surface area contributed by atoms with Crippen molar-refractivity contribution in [1.29, 1.82) is 0 Å². The second-order valence-electron chi connectivity index (χ2n) is 8.18. The third kappa shape index (κ3) is 5.10. The predicted molar refractivity (Wildman–Crippen MR) is 116 cm³/mol. The Morgan fingerprint density at radius 1 is 1.10 bits per heavy atom. The van der Waals surface area contributed by atoms with Gasteiger partial charge in [0.1, 0.15) is 5.75 Å². The molecule has 0 saturated carbocycles. The number of carbonyl (C=O) groups excluding carboxylic acids is 1. The number of likely N-dealkylation sites (N-methyl/N-ethyl adjacent to an activating group) is 1. The Labute approximate surface area is 173 Å². The molecule has 5 nitrogen and oxygen atoms in total. The van der Waals surface area contributed by atoms with Crippen molar-refractivity contribution in [1.82, 2.24) is 10.2 Å². The first-order chi connectivity index (χ1) is 14.2. The van der Waals surface area contributed by atoms with Crippen molar-refractivity contribution in [3.8, 4) is 5.75 Å². The number of nitrogens with zero attached hydrogens (tertiary/aromatic N) is 2. The van der Waals surface area contributed by atoms with E-state index in [0.717, 1.165) is 37.4 Å². The van der Waals surface area contributed by atoms with Crippen molar-refractivity contribution >= 4 is 11.6 Å². The standard InChI is InChI=1S/C24H31N3O2/c1-26(17-19-9-11-20(12-10-19)27-14-5-2-6-15-27)18-24(28)25-22-13-16-29-23-8-4-3-7-21(22)23/h3-4,7-12,22H,2,5-6,13-18H2,1H3,(H,25,28). The minimum Gasteiger partial charge on any atom is -0.493 e. The van der Waals surface area contributed by atoms with Crippen molar-refractivity contribution in [2.24, 2.45) is 0 Å². The van der Waals surface area contributed by atoms with Gasteiger partial charge in [0.25, 0.3) is 0 Å². The van der Waals surface area contributed by atoms with Gasteiger partial charge < -0.3 is 15.0 Å². The first-order valence-corrected chi connectivity index (χ1v) is 10.7. The van der Waals surface area contributed by atoms with E-state index >= 15 is 0 Å². The van der Waals surface area contributed by atoms with Gasteiger partial charge in [-0.15, -0.1) is 0 Å². The van der Waals surface area contributed by atoms with E-state index in [4.69, 9.17) is 4.74 Å². The highest BCUT2D eigenvalue weighted by molar-refractivity contribution is 5.78. The molecule has 5 heteroatoms. The smallest absolute Gasteiger partial charge is 0.234 e. The van der Waals surface area contributed by atoms with Gasteiger partial charge in [0, 0.05) is 37.3 Å². The quantitative estimate of drug-likeness (QED) is 0.812. The normalized spacial score (nSPS) is 18.8. The fourth-order valence-corrected chi connectivity index (χ4v) is 4.31. The zero-order chi connectivity index (χ0) is 20.1. The summed E-state index contributed by atoms with van der Waals surface area (Å²) < 4.78 is 5.68. The van der Waals surface area contributed by atoms with E-state index in [1.54, 1.807) is 0 Å². The van der Waals surface area contributed by atoms with E-state index in [0.29, 0.717) is 13.2 Å². The summed E-state index contributed by atoms with van der Waals surface area (Å²) in [5, 5.41) is 3.18. The first kappa shape index (κ1) is 19.8. The van der Waals surface area contributed by atoms with E-state index in [2.05, 4.69) is 39.4 Å². The molecule has 0 spiro atoms. The second-order valence-corrected chi connectivity index (χ2v) is 8.18. The zero-order valence-electron chi connectivity index (χ0n) is 17.3. The molecule has 1 fully saturated rings. The second kappa shape index (κ2) is 9.31. The average Bonchev–Trinajstić information content (AvgIpc) is 2.75. The van der Waals surface area contributed by atoms with Crippen LogP contribution in [0.15, 0.2) is 48.5 Å². The summed E-state index contributed by atoms with van der Waals surface area (Å²) in [6, 6.07) is 16.8. The van der Waals surface area contributed by atoms with Crippen molar-refractivity contribution in [2.45, 2.75) is 38.3 Å². The fourth-order valence-electron chi connectivity index (χ4n) is 4.31. The molecule has 154 valence electrons. The molecule has 0 aromatic heterocycles. The van der Waals surface area contributed by atoms with Crippen LogP contribution < -0.4 is 15.0 Å². The van der Waals surface area contributed by atoms with Crippen LogP contribution in [0, 0.1) is 0 Å². The maximum atomic E-state index is 12.6. The van der Waals surface area contributed by atoms with E-state index in [1.807, 2.05) is 31.3 Å². The lowest BCUT2D eigenvalue weighted by molar-refractivity contribution is -0.123. The number of ether oxygens (including phenoxy) is 1. The lowest BCUT2D eigenvalue weighted by atomic mass is 10.0. The number of hydrogen-bond acceptors (Lipinski definition) is 4. The molecule has 2 heterocycles. The number of rotatable bonds is 6. The molecule has 0 aliphatic carbocycles. The first-order valence-electron chi connectivity index (χ1n) is 10.7. The molecule has 1 N–H and O–H groups in total. The van der Waals surface area contributed by atoms with E-state index in [-0.39, 0.29) is 11.9 Å². The molecule has 0 bridgehead atoms. The predicted octanol–water partition coefficient (Wildman–Crippen LogP) is 3.75. The third-order valence-corrected chi connectivity index (χ3v) is 5.82. The molecule has 1 saturated heterocycles. The van der Waals surface area contributed by atoms with Crippen LogP contribution in [0.25, 0.3) is 0 Å². The summed E-state index contributed by atoms with van der Waals surface area (Å²) in [5.41, 5.74) is 3.62. The Morgan fingerprint density at radius 2 is 1.86 bits per heavy atom. The maximum absolute atomic E-state index is 12.6. The van der Waals surface area contributed by atoms with Gasteiger partial charge in [0.2, 0.25) is 5.91 Å². The highest BCUT2D eigenvalue weighted by Crippen LogP contribution is 2.31. The van der Waals surface area contributed by atoms with Gasteiger partial charge in [0.05, 0.1) is 19.2 Å². The maximum Gasteiger partial charge on any atom is 0.234 e. The molecule has 29 heavy (non-hydrogen) atoms. The van der Waals surface area contributed by atoms with Crippen LogP contribution in [0.1, 0.15) is 42.9 Å². The van der Waals surface area contributed by atoms with Gasteiger partial charge in [0.15, 0.2) is 0 Å². The number of nitrogens with one attached hydrogen (secondary N) is 1. The van der Waals surface area contributed by atoms with E-state index < -0.39 is 0 Å². The van der Waals surface area contributed by atoms with Crippen molar-refractivity contribution in [3.63, 3.8) is 0 Å². The number of hydrogen-bond donors (Lipinski definition) is 1. The summed E-state index contributed by atoms with van der Waals surface area (Å²) in [6.07, 6.45) is 4.74. The molecule has 2 aliphatic rings. The monoisotopic (exact) mass is 393 g/mol. The average molecular weight is 394 g/mol. The number of anilines is 1. The van der Waals surface area contributed by atoms with Crippen LogP contribution in [0.2, 0.25) is 0 Å². The summed E-state index contributed by atoms with van der Waals surface area (Å²) in [4.78, 5) is 17.1. The van der Waals surface area contributed by atoms with Crippen LogP contribution in [0.4, 0.5) is 5.69 Å². The topological polar surface area (TPSA) is 44.8 Å². The molecule has 2 aliphatic heterocycles. The number of amides is 1. The molecule has 0 radical (unpaired) electrons. The number of piperidine rings is 1. The highest BCUT2D eigenvalue weighted by Gasteiger charge is 2.23. The number of fused-ring (bicyclic) bond motifs is 1. The lowest BCUT2D eigenvalue weighted by Gasteiger charge is -2.29. The Morgan fingerprint density at radius 3 is 2.66 bits per heavy atom. The highest BCUT2D eigenvalue weighted by atomic mass is 16.5. The number of carbonyl (C=O) groups is 1. The molecule has 2 aromatic rings. The van der Waals surface area contributed by atoms with Crippen LogP contribution in [0.5, 0.6) is 5.75 Å². The lowest BCUT2D eigenvalue weighted by Crippen LogP contribution is -2.38. The zero-order valence-corrected chi connectivity index (χ0v) is 17.3. The molecular formula is C24H31N3O2. The summed E-state index contributed by atoms with van der Waals surface area (Å²) in [5.74, 6) is 0.935. The molecular weight excluding hydrogens is 362 g/mol. The van der Waals surface area contributed by atoms with Crippen LogP contribution >= 0.6 is 0 Å². The molecule has 1 amide bonds. The summed E-state index contributed by atoms with van der Waals surface area (Å²) in [7, 11) is 2.00. The number of para-hydroxylation sites is 1. The summed E-state index contributed by atoms with van der Waals surface area (Å²) in [6.45, 7) is 4.11. The minimum absolute atomic E-state index is 0.0321. The molecule has 2 aromatic carbocycles. The molecule has 1 atom stereocenters. The van der Waals surface area contributed by atoms with Gasteiger partial charge >= 0.3 is 0 Å². The van der Waals surface area contributed by atoms with Gasteiger partial charge in [-0.3, -0.25) is 9.69 Å². The van der Waals surface area contributed by atoms with Crippen molar-refractivity contribution in [3.05, 3.63) is 59.7 Å². The van der Waals surface area contributed by atoms with E-state index in [1.165, 1.54) is 30.5 Å². The van der Waals surface area contributed by atoms with Crippen LogP contribution in [-0.4, -0.2) is 44.1 Å². The largest absolute Gasteiger partial charge is 0.493 e. The van der Waals surface area contributed by atoms with Gasteiger partial charge in [-0.05, 0) is 50.1 Å². The molecule has 1 unspecified atom stereocenters. The van der Waals surface area contributed by atoms with Gasteiger partial charge in [-0.1, -0.05) is 30.3 Å². The third-order valence-electron chi connectivity index (χ3n) is 5.82. The SMILES string of the molecule is CN(CC(=O)NC1CCOc2ccccc21)Cc1ccc(N2CCCCC2)cc1. The molecule has 4 rings (SSSR count). The Hall–Kier alpha value is -2.53. The summed E-state index contributed by atoms with van der Waals surface area (Å²) >= 11 is 0. The number of benzene rings is 2. The van der Waals surface area contributed by atoms with Crippen molar-refractivity contribution in [2.75, 3.05) is 38.2 Å². The Kier molecular flexibility index (Phi) is 6.35. The van der Waals surface area contributed by atoms with Gasteiger partial charge in [-0.2, -0.15) is 0 Å². The van der Waals surface area contributed by atoms with Crippen LogP contribution in [-0.2, 0) is 11.3 Å². The van der Waals surface area contributed by atoms with Crippen LogP contribution in [0.3, 0.4) is 0 Å². The Balaban J connectivity index is 1.28. The Bertz CT molecular complexity index is 815. The van der Waals surface area contributed by atoms with Gasteiger partial charge in [-0.25, -0.2) is 0 Å². The minimum atomic E-state index is 0.0321. The fraction of sp³-hybridized carbons (Fsp3) is 0.458. The van der Waals surface area contributed by atoms with Crippen molar-refractivity contribution < 1.29 is 9.53 Å². The van der Waals surface area contributed by atoms with E-state index in [9.17, 15) is 4.79 Å².